The van der Waals surface area contributed by atoms with Gasteiger partial charge in [0.05, 0.1) is 15.9 Å². The number of anilines is 1. The first-order valence-electron chi connectivity index (χ1n) is 8.82. The first-order valence-corrected chi connectivity index (χ1v) is 10.4. The zero-order chi connectivity index (χ0) is 20.3. The number of hydrogen-bond acceptors (Lipinski definition) is 4. The Morgan fingerprint density at radius 3 is 2.72 bits per heavy atom. The summed E-state index contributed by atoms with van der Waals surface area (Å²) in [7, 11) is 0. The van der Waals surface area contributed by atoms with E-state index in [0.29, 0.717) is 22.2 Å². The molecule has 0 spiro atoms. The van der Waals surface area contributed by atoms with Crippen molar-refractivity contribution < 1.29 is 13.6 Å². The van der Waals surface area contributed by atoms with Crippen LogP contribution in [0.4, 0.5) is 14.6 Å². The van der Waals surface area contributed by atoms with Crippen LogP contribution in [0.25, 0.3) is 15.3 Å². The van der Waals surface area contributed by atoms with Gasteiger partial charge in [-0.15, -0.1) is 0 Å². The number of rotatable bonds is 2. The highest BCUT2D eigenvalue weighted by atomic mass is 79.9. The van der Waals surface area contributed by atoms with Crippen molar-refractivity contribution in [2.75, 3.05) is 5.32 Å². The van der Waals surface area contributed by atoms with Gasteiger partial charge < -0.3 is 5.32 Å². The Balaban J connectivity index is 1.71. The van der Waals surface area contributed by atoms with Crippen LogP contribution in [0.1, 0.15) is 29.2 Å². The lowest BCUT2D eigenvalue weighted by Crippen LogP contribution is -2.26. The molecule has 9 heteroatoms. The Morgan fingerprint density at radius 2 is 1.97 bits per heavy atom. The highest BCUT2D eigenvalue weighted by Crippen LogP contribution is 2.42. The minimum absolute atomic E-state index is 0.0514. The molecule has 0 fully saturated rings. The van der Waals surface area contributed by atoms with E-state index >= 15 is 0 Å². The minimum atomic E-state index is -0.753. The van der Waals surface area contributed by atoms with Crippen molar-refractivity contribution in [3.05, 3.63) is 69.3 Å². The zero-order valence-corrected chi connectivity index (χ0v) is 17.4. The summed E-state index contributed by atoms with van der Waals surface area (Å²) in [4.78, 5) is 17.0. The lowest BCUT2D eigenvalue weighted by molar-refractivity contribution is -0.116. The molecule has 0 saturated heterocycles. The van der Waals surface area contributed by atoms with Gasteiger partial charge in [0.15, 0.2) is 0 Å². The second-order valence-electron chi connectivity index (χ2n) is 6.81. The van der Waals surface area contributed by atoms with Gasteiger partial charge in [0.2, 0.25) is 11.0 Å². The van der Waals surface area contributed by atoms with Crippen molar-refractivity contribution in [3.8, 4) is 5.13 Å². The maximum Gasteiger partial charge on any atom is 0.226 e. The number of amides is 1. The number of thiazole rings is 1. The number of halogens is 3. The summed E-state index contributed by atoms with van der Waals surface area (Å²) in [5.74, 6) is -2.02. The van der Waals surface area contributed by atoms with Crippen molar-refractivity contribution in [3.63, 3.8) is 0 Å². The van der Waals surface area contributed by atoms with Crippen LogP contribution in [0.3, 0.4) is 0 Å². The average molecular weight is 475 g/mol. The lowest BCUT2D eigenvalue weighted by Gasteiger charge is -2.24. The molecule has 2 aromatic heterocycles. The van der Waals surface area contributed by atoms with E-state index in [1.54, 1.807) is 11.6 Å². The molecule has 3 heterocycles. The summed E-state index contributed by atoms with van der Waals surface area (Å²) < 4.78 is 32.4. The molecule has 0 aliphatic carbocycles. The summed E-state index contributed by atoms with van der Waals surface area (Å²) in [6.45, 7) is 1.77. The van der Waals surface area contributed by atoms with Gasteiger partial charge in [-0.05, 0) is 37.3 Å². The molecule has 1 amide bonds. The Hall–Kier alpha value is -2.65. The quantitative estimate of drug-likeness (QED) is 0.428. The van der Waals surface area contributed by atoms with Crippen LogP contribution in [-0.4, -0.2) is 20.7 Å². The number of aromatic nitrogens is 3. The van der Waals surface area contributed by atoms with E-state index in [4.69, 9.17) is 0 Å². The smallest absolute Gasteiger partial charge is 0.226 e. The SMILES string of the molecule is Cc1nn(-c2nc3ccc(Br)cc3s2)c2c1C(c1c(F)cccc1F)CC(=O)N2. The Morgan fingerprint density at radius 1 is 1.21 bits per heavy atom. The van der Waals surface area contributed by atoms with Crippen molar-refractivity contribution >= 4 is 49.2 Å². The molecule has 1 unspecified atom stereocenters. The lowest BCUT2D eigenvalue weighted by atomic mass is 9.85. The van der Waals surface area contributed by atoms with Crippen LogP contribution in [0.15, 0.2) is 40.9 Å². The van der Waals surface area contributed by atoms with E-state index in [-0.39, 0.29) is 17.9 Å². The maximum absolute atomic E-state index is 14.5. The summed E-state index contributed by atoms with van der Waals surface area (Å²) in [6, 6.07) is 9.46. The molecule has 5 nitrogen and oxygen atoms in total. The van der Waals surface area contributed by atoms with Crippen molar-refractivity contribution in [2.24, 2.45) is 0 Å². The molecule has 2 aromatic carbocycles. The van der Waals surface area contributed by atoms with E-state index in [1.807, 2.05) is 18.2 Å². The number of hydrogen-bond donors (Lipinski definition) is 1. The molecule has 1 aliphatic heterocycles. The number of nitrogens with zero attached hydrogens (tertiary/aromatic N) is 3. The largest absolute Gasteiger partial charge is 0.310 e. The van der Waals surface area contributed by atoms with Crippen LogP contribution < -0.4 is 5.32 Å². The molecule has 1 aliphatic rings. The number of fused-ring (bicyclic) bond motifs is 2. The van der Waals surface area contributed by atoms with Crippen LogP contribution in [0.5, 0.6) is 0 Å². The third kappa shape index (κ3) is 2.96. The van der Waals surface area contributed by atoms with Crippen LogP contribution in [0.2, 0.25) is 0 Å². The van der Waals surface area contributed by atoms with Crippen LogP contribution in [0, 0.1) is 18.6 Å². The van der Waals surface area contributed by atoms with Gasteiger partial charge in [-0.3, -0.25) is 4.79 Å². The van der Waals surface area contributed by atoms with Gasteiger partial charge >= 0.3 is 0 Å². The van der Waals surface area contributed by atoms with E-state index in [9.17, 15) is 13.6 Å². The second-order valence-corrected chi connectivity index (χ2v) is 8.73. The standard InChI is InChI=1S/C20H13BrF2N4OS/c1-9-17-11(18-12(22)3-2-4-13(18)23)8-16(28)25-19(17)27(26-9)20-24-14-6-5-10(21)7-15(14)29-20/h2-7,11H,8H2,1H3,(H,25,28). The summed E-state index contributed by atoms with van der Waals surface area (Å²) >= 11 is 4.86. The van der Waals surface area contributed by atoms with Gasteiger partial charge in [0.25, 0.3) is 0 Å². The van der Waals surface area contributed by atoms with Gasteiger partial charge in [-0.1, -0.05) is 33.3 Å². The van der Waals surface area contributed by atoms with Crippen LogP contribution in [-0.2, 0) is 4.79 Å². The molecule has 4 aromatic rings. The van der Waals surface area contributed by atoms with Crippen molar-refractivity contribution in [2.45, 2.75) is 19.3 Å². The molecule has 29 heavy (non-hydrogen) atoms. The normalized spacial score (nSPS) is 16.1. The summed E-state index contributed by atoms with van der Waals surface area (Å²) in [5, 5.41) is 7.93. The fourth-order valence-corrected chi connectivity index (χ4v) is 5.23. The van der Waals surface area contributed by atoms with Crippen molar-refractivity contribution in [1.29, 1.82) is 0 Å². The van der Waals surface area contributed by atoms with E-state index in [2.05, 4.69) is 31.3 Å². The number of nitrogens with one attached hydrogen (secondary N) is 1. The fraction of sp³-hybridized carbons (Fsp3) is 0.150. The Kier molecular flexibility index (Phi) is 4.25. The van der Waals surface area contributed by atoms with E-state index < -0.39 is 17.6 Å². The first-order chi connectivity index (χ1) is 13.9. The number of benzene rings is 2. The monoisotopic (exact) mass is 474 g/mol. The average Bonchev–Trinajstić information content (AvgIpc) is 3.22. The first kappa shape index (κ1) is 18.4. The molecule has 0 radical (unpaired) electrons. The molecule has 146 valence electrons. The van der Waals surface area contributed by atoms with E-state index in [1.165, 1.54) is 29.5 Å². The molecule has 0 bridgehead atoms. The number of aryl methyl sites for hydroxylation is 1. The Bertz CT molecular complexity index is 1280. The molecular formula is C20H13BrF2N4OS. The molecule has 5 rings (SSSR count). The predicted octanol–water partition coefficient (Wildman–Crippen LogP) is 5.31. The second kappa shape index (κ2) is 6.70. The van der Waals surface area contributed by atoms with Gasteiger partial charge in [-0.2, -0.15) is 9.78 Å². The van der Waals surface area contributed by atoms with Crippen LogP contribution >= 0.6 is 27.3 Å². The number of carbonyl (C=O) groups excluding carboxylic acids is 1. The third-order valence-corrected chi connectivity index (χ3v) is 6.46. The summed E-state index contributed by atoms with van der Waals surface area (Å²) in [6.07, 6.45) is -0.0514. The Labute approximate surface area is 176 Å². The molecule has 1 atom stereocenters. The predicted molar refractivity (Wildman–Crippen MR) is 111 cm³/mol. The topological polar surface area (TPSA) is 59.8 Å². The van der Waals surface area contributed by atoms with Crippen molar-refractivity contribution in [1.82, 2.24) is 14.8 Å². The molecule has 1 N–H and O–H groups in total. The zero-order valence-electron chi connectivity index (χ0n) is 15.0. The van der Waals surface area contributed by atoms with Gasteiger partial charge in [0, 0.05) is 27.9 Å². The minimum Gasteiger partial charge on any atom is -0.310 e. The highest BCUT2D eigenvalue weighted by molar-refractivity contribution is 9.10. The maximum atomic E-state index is 14.5. The van der Waals surface area contributed by atoms with E-state index in [0.717, 1.165) is 14.7 Å². The highest BCUT2D eigenvalue weighted by Gasteiger charge is 2.36. The number of carbonyl (C=O) groups is 1. The summed E-state index contributed by atoms with van der Waals surface area (Å²) in [5.41, 5.74) is 1.88. The van der Waals surface area contributed by atoms with Gasteiger partial charge in [0.1, 0.15) is 17.5 Å². The van der Waals surface area contributed by atoms with Gasteiger partial charge in [-0.25, -0.2) is 13.8 Å². The fourth-order valence-electron chi connectivity index (χ4n) is 3.75. The molecular weight excluding hydrogens is 462 g/mol. The molecule has 0 saturated carbocycles. The third-order valence-electron chi connectivity index (χ3n) is 4.97.